The topological polar surface area (TPSA) is 75.6 Å². The van der Waals surface area contributed by atoms with Gasteiger partial charge in [0.25, 0.3) is 0 Å². The van der Waals surface area contributed by atoms with Crippen LogP contribution in [0, 0.1) is 0 Å². The Labute approximate surface area is 135 Å². The minimum Gasteiger partial charge on any atom is -0.492 e. The summed E-state index contributed by atoms with van der Waals surface area (Å²) in [5.41, 5.74) is 0.762. The number of hydrogen-bond acceptors (Lipinski definition) is 3. The molecule has 0 aliphatic carbocycles. The summed E-state index contributed by atoms with van der Waals surface area (Å²) in [7, 11) is 0. The quantitative estimate of drug-likeness (QED) is 0.648. The van der Waals surface area contributed by atoms with Crippen LogP contribution in [0.5, 0.6) is 5.75 Å². The molecular weight excluding hydrogens is 306 g/mol. The van der Waals surface area contributed by atoms with Gasteiger partial charge in [-0.25, -0.2) is 0 Å². The van der Waals surface area contributed by atoms with E-state index in [2.05, 4.69) is 5.32 Å². The number of halogens is 1. The van der Waals surface area contributed by atoms with Gasteiger partial charge in [0.05, 0.1) is 18.1 Å². The van der Waals surface area contributed by atoms with Crippen LogP contribution in [0.4, 0.5) is 0 Å². The number of hydrogen-bond donors (Lipinski definition) is 2. The standard InChI is InChI=1S/C16H22ClNO4/c1-2-22-16-12(7-6-8-13(16)17)11-14(19)18-10-5-3-4-9-15(20)21/h6-8H,2-5,9-11H2,1H3,(H,18,19)(H,20,21). The van der Waals surface area contributed by atoms with Gasteiger partial charge in [0.1, 0.15) is 5.75 Å². The van der Waals surface area contributed by atoms with Crippen molar-refractivity contribution < 1.29 is 19.4 Å². The molecule has 6 heteroatoms. The Morgan fingerprint density at radius 2 is 2.05 bits per heavy atom. The van der Waals surface area contributed by atoms with E-state index in [0.717, 1.165) is 18.4 Å². The summed E-state index contributed by atoms with van der Waals surface area (Å²) in [5, 5.41) is 11.8. The van der Waals surface area contributed by atoms with E-state index >= 15 is 0 Å². The number of nitrogens with one attached hydrogen (secondary N) is 1. The van der Waals surface area contributed by atoms with Crippen molar-refractivity contribution in [1.29, 1.82) is 0 Å². The van der Waals surface area contributed by atoms with Crippen LogP contribution in [0.2, 0.25) is 5.02 Å². The van der Waals surface area contributed by atoms with Gasteiger partial charge in [-0.15, -0.1) is 0 Å². The summed E-state index contributed by atoms with van der Waals surface area (Å²) in [6.45, 7) is 2.90. The molecule has 2 N–H and O–H groups in total. The lowest BCUT2D eigenvalue weighted by atomic mass is 10.1. The number of carbonyl (C=O) groups excluding carboxylic acids is 1. The molecule has 122 valence electrons. The van der Waals surface area contributed by atoms with Gasteiger partial charge in [-0.3, -0.25) is 9.59 Å². The fourth-order valence-electron chi connectivity index (χ4n) is 2.04. The van der Waals surface area contributed by atoms with Gasteiger partial charge in [0.15, 0.2) is 0 Å². The Bertz CT molecular complexity index is 505. The van der Waals surface area contributed by atoms with E-state index in [1.807, 2.05) is 13.0 Å². The molecule has 0 spiro atoms. The van der Waals surface area contributed by atoms with Gasteiger partial charge in [-0.05, 0) is 25.8 Å². The zero-order valence-corrected chi connectivity index (χ0v) is 13.5. The monoisotopic (exact) mass is 327 g/mol. The van der Waals surface area contributed by atoms with Crippen molar-refractivity contribution >= 4 is 23.5 Å². The second-order valence-electron chi connectivity index (χ2n) is 4.89. The molecule has 0 saturated heterocycles. The van der Waals surface area contributed by atoms with Gasteiger partial charge >= 0.3 is 5.97 Å². The predicted molar refractivity (Wildman–Crippen MR) is 85.4 cm³/mol. The molecule has 0 aromatic heterocycles. The van der Waals surface area contributed by atoms with Crippen LogP contribution in [0.1, 0.15) is 38.2 Å². The largest absolute Gasteiger partial charge is 0.492 e. The highest BCUT2D eigenvalue weighted by molar-refractivity contribution is 6.32. The Morgan fingerprint density at radius 1 is 1.27 bits per heavy atom. The Morgan fingerprint density at radius 3 is 2.73 bits per heavy atom. The zero-order valence-electron chi connectivity index (χ0n) is 12.7. The lowest BCUT2D eigenvalue weighted by Gasteiger charge is -2.12. The van der Waals surface area contributed by atoms with E-state index in [-0.39, 0.29) is 18.7 Å². The summed E-state index contributed by atoms with van der Waals surface area (Å²) in [4.78, 5) is 22.3. The van der Waals surface area contributed by atoms with Crippen molar-refractivity contribution in [2.45, 2.75) is 39.0 Å². The molecule has 1 amide bonds. The molecule has 0 bridgehead atoms. The van der Waals surface area contributed by atoms with E-state index in [1.165, 1.54) is 0 Å². The molecule has 0 saturated carbocycles. The first kappa shape index (κ1) is 18.3. The molecule has 0 radical (unpaired) electrons. The molecule has 0 unspecified atom stereocenters. The smallest absolute Gasteiger partial charge is 0.303 e. The number of benzene rings is 1. The van der Waals surface area contributed by atoms with E-state index in [4.69, 9.17) is 21.4 Å². The van der Waals surface area contributed by atoms with E-state index in [1.54, 1.807) is 12.1 Å². The third kappa shape index (κ3) is 6.80. The molecule has 0 atom stereocenters. The molecule has 5 nitrogen and oxygen atoms in total. The van der Waals surface area contributed by atoms with Crippen LogP contribution < -0.4 is 10.1 Å². The van der Waals surface area contributed by atoms with Crippen molar-refractivity contribution in [2.24, 2.45) is 0 Å². The molecule has 0 aliphatic heterocycles. The highest BCUT2D eigenvalue weighted by Crippen LogP contribution is 2.28. The Kier molecular flexibility index (Phi) is 8.36. The van der Waals surface area contributed by atoms with Gasteiger partial charge in [0, 0.05) is 18.5 Å². The maximum Gasteiger partial charge on any atom is 0.303 e. The van der Waals surface area contributed by atoms with E-state index < -0.39 is 5.97 Å². The molecule has 1 rings (SSSR count). The number of rotatable bonds is 10. The average Bonchev–Trinajstić information content (AvgIpc) is 2.46. The fraction of sp³-hybridized carbons (Fsp3) is 0.500. The number of aliphatic carboxylic acids is 1. The number of unbranched alkanes of at least 4 members (excludes halogenated alkanes) is 2. The average molecular weight is 328 g/mol. The summed E-state index contributed by atoms with van der Waals surface area (Å²) in [6.07, 6.45) is 2.58. The summed E-state index contributed by atoms with van der Waals surface area (Å²) >= 11 is 6.07. The zero-order chi connectivity index (χ0) is 16.4. The number of ether oxygens (including phenoxy) is 1. The van der Waals surface area contributed by atoms with Gasteiger partial charge in [0.2, 0.25) is 5.91 Å². The van der Waals surface area contributed by atoms with Crippen LogP contribution in [-0.4, -0.2) is 30.1 Å². The summed E-state index contributed by atoms with van der Waals surface area (Å²) in [6, 6.07) is 5.35. The number of para-hydroxylation sites is 1. The Balaban J connectivity index is 2.36. The molecule has 22 heavy (non-hydrogen) atoms. The van der Waals surface area contributed by atoms with Gasteiger partial charge in [-0.1, -0.05) is 30.2 Å². The predicted octanol–water partition coefficient (Wildman–Crippen LogP) is 3.04. The number of carboxylic acids is 1. The van der Waals surface area contributed by atoms with Gasteiger partial charge in [-0.2, -0.15) is 0 Å². The molecule has 0 heterocycles. The van der Waals surface area contributed by atoms with Crippen molar-refractivity contribution in [1.82, 2.24) is 5.32 Å². The van der Waals surface area contributed by atoms with Crippen LogP contribution in [-0.2, 0) is 16.0 Å². The minimum atomic E-state index is -0.784. The molecular formula is C16H22ClNO4. The number of amides is 1. The van der Waals surface area contributed by atoms with Crippen LogP contribution in [0.15, 0.2) is 18.2 Å². The van der Waals surface area contributed by atoms with Crippen LogP contribution in [0.25, 0.3) is 0 Å². The SMILES string of the molecule is CCOc1c(Cl)cccc1CC(=O)NCCCCCC(=O)O. The van der Waals surface area contributed by atoms with E-state index in [9.17, 15) is 9.59 Å². The third-order valence-electron chi connectivity index (χ3n) is 3.08. The number of carbonyl (C=O) groups is 2. The second-order valence-corrected chi connectivity index (χ2v) is 5.30. The lowest BCUT2D eigenvalue weighted by Crippen LogP contribution is -2.26. The third-order valence-corrected chi connectivity index (χ3v) is 3.38. The summed E-state index contributed by atoms with van der Waals surface area (Å²) < 4.78 is 5.48. The van der Waals surface area contributed by atoms with Crippen LogP contribution >= 0.6 is 11.6 Å². The van der Waals surface area contributed by atoms with Gasteiger partial charge < -0.3 is 15.2 Å². The number of carboxylic acid groups (broad SMARTS) is 1. The van der Waals surface area contributed by atoms with Crippen LogP contribution in [0.3, 0.4) is 0 Å². The minimum absolute atomic E-state index is 0.0959. The molecule has 1 aromatic rings. The normalized spacial score (nSPS) is 10.3. The fourth-order valence-corrected chi connectivity index (χ4v) is 2.29. The lowest BCUT2D eigenvalue weighted by molar-refractivity contribution is -0.137. The molecule has 0 fully saturated rings. The van der Waals surface area contributed by atoms with E-state index in [0.29, 0.717) is 30.3 Å². The maximum atomic E-state index is 11.9. The highest BCUT2D eigenvalue weighted by Gasteiger charge is 2.11. The first-order valence-electron chi connectivity index (χ1n) is 7.43. The molecule has 1 aromatic carbocycles. The first-order valence-corrected chi connectivity index (χ1v) is 7.81. The summed E-state index contributed by atoms with van der Waals surface area (Å²) in [5.74, 6) is -0.321. The molecule has 0 aliphatic rings. The maximum absolute atomic E-state index is 11.9. The van der Waals surface area contributed by atoms with Crippen molar-refractivity contribution in [2.75, 3.05) is 13.2 Å². The van der Waals surface area contributed by atoms with Crippen molar-refractivity contribution in [3.8, 4) is 5.75 Å². The first-order chi connectivity index (χ1) is 10.5. The van der Waals surface area contributed by atoms with Crippen molar-refractivity contribution in [3.63, 3.8) is 0 Å². The van der Waals surface area contributed by atoms with Crippen molar-refractivity contribution in [3.05, 3.63) is 28.8 Å². The second kappa shape index (κ2) is 10.1. The highest BCUT2D eigenvalue weighted by atomic mass is 35.5. The Hall–Kier alpha value is -1.75.